The molecular weight excluding hydrogens is 376 g/mol. The monoisotopic (exact) mass is 404 g/mol. The molecule has 1 saturated heterocycles. The predicted octanol–water partition coefficient (Wildman–Crippen LogP) is 3.52. The van der Waals surface area contributed by atoms with Crippen LogP contribution in [0.5, 0.6) is 0 Å². The van der Waals surface area contributed by atoms with Crippen LogP contribution in [-0.2, 0) is 4.74 Å². The van der Waals surface area contributed by atoms with E-state index in [1.54, 1.807) is 12.4 Å². The normalized spacial score (nSPS) is 20.8. The summed E-state index contributed by atoms with van der Waals surface area (Å²) in [6, 6.07) is 13.7. The van der Waals surface area contributed by atoms with Crippen molar-refractivity contribution >= 4 is 16.8 Å². The summed E-state index contributed by atoms with van der Waals surface area (Å²) >= 11 is 0. The Bertz CT molecular complexity index is 1010. The van der Waals surface area contributed by atoms with Crippen molar-refractivity contribution in [1.29, 1.82) is 0 Å². The predicted molar refractivity (Wildman–Crippen MR) is 118 cm³/mol. The van der Waals surface area contributed by atoms with E-state index < -0.39 is 0 Å². The minimum atomic E-state index is -0.0786. The number of amides is 1. The number of carbonyl (C=O) groups is 1. The fourth-order valence-corrected chi connectivity index (χ4v) is 4.08. The highest BCUT2D eigenvalue weighted by molar-refractivity contribution is 6.07. The molecule has 0 spiro atoms. The zero-order valence-corrected chi connectivity index (χ0v) is 17.7. The molecule has 1 aliphatic heterocycles. The molecule has 0 aliphatic carbocycles. The van der Waals surface area contributed by atoms with Crippen LogP contribution in [-0.4, -0.2) is 58.7 Å². The molecule has 30 heavy (non-hydrogen) atoms. The summed E-state index contributed by atoms with van der Waals surface area (Å²) in [4.78, 5) is 24.4. The van der Waals surface area contributed by atoms with Crippen molar-refractivity contribution in [3.05, 3.63) is 60.4 Å². The van der Waals surface area contributed by atoms with Crippen molar-refractivity contribution < 1.29 is 9.53 Å². The Labute approximate surface area is 177 Å². The molecule has 1 amide bonds. The van der Waals surface area contributed by atoms with Gasteiger partial charge in [0.05, 0.1) is 29.0 Å². The van der Waals surface area contributed by atoms with Gasteiger partial charge in [-0.2, -0.15) is 0 Å². The van der Waals surface area contributed by atoms with Gasteiger partial charge >= 0.3 is 0 Å². The second-order valence-electron chi connectivity index (χ2n) is 8.08. The summed E-state index contributed by atoms with van der Waals surface area (Å²) < 4.78 is 5.82. The van der Waals surface area contributed by atoms with Crippen LogP contribution in [0.3, 0.4) is 0 Å². The Kier molecular flexibility index (Phi) is 6.06. The van der Waals surface area contributed by atoms with Crippen molar-refractivity contribution in [3.63, 3.8) is 0 Å². The fourth-order valence-electron chi connectivity index (χ4n) is 4.08. The fraction of sp³-hybridized carbons (Fsp3) is 0.375. The Hall–Kier alpha value is -2.83. The van der Waals surface area contributed by atoms with Crippen LogP contribution in [0.4, 0.5) is 0 Å². The molecule has 4 rings (SSSR count). The molecular formula is C24H28N4O2. The number of hydrogen-bond donors (Lipinski definition) is 1. The molecule has 0 unspecified atom stereocenters. The first kappa shape index (κ1) is 20.4. The molecule has 0 saturated carbocycles. The average Bonchev–Trinajstić information content (AvgIpc) is 2.76. The van der Waals surface area contributed by atoms with Crippen LogP contribution in [0.2, 0.25) is 0 Å². The Morgan fingerprint density at radius 1 is 1.17 bits per heavy atom. The highest BCUT2D eigenvalue weighted by atomic mass is 16.5. The van der Waals surface area contributed by atoms with E-state index in [2.05, 4.69) is 36.0 Å². The number of para-hydroxylation sites is 1. The number of morpholine rings is 1. The summed E-state index contributed by atoms with van der Waals surface area (Å²) in [5.74, 6) is -0.0786. The number of ether oxygens (including phenoxy) is 1. The minimum absolute atomic E-state index is 0.0786. The van der Waals surface area contributed by atoms with Crippen LogP contribution < -0.4 is 5.32 Å². The number of nitrogens with one attached hydrogen (secondary N) is 1. The molecule has 1 aromatic carbocycles. The number of hydrogen-bond acceptors (Lipinski definition) is 5. The van der Waals surface area contributed by atoms with Gasteiger partial charge in [0.2, 0.25) is 0 Å². The zero-order chi connectivity index (χ0) is 21.1. The van der Waals surface area contributed by atoms with Gasteiger partial charge in [0.15, 0.2) is 0 Å². The number of rotatable bonds is 5. The summed E-state index contributed by atoms with van der Waals surface area (Å²) in [6.07, 6.45) is 3.88. The Balaban J connectivity index is 1.55. The van der Waals surface area contributed by atoms with E-state index >= 15 is 0 Å². The molecule has 6 nitrogen and oxygen atoms in total. The highest BCUT2D eigenvalue weighted by Gasteiger charge is 2.26. The van der Waals surface area contributed by atoms with Crippen LogP contribution in [0, 0.1) is 0 Å². The smallest absolute Gasteiger partial charge is 0.252 e. The average molecular weight is 405 g/mol. The van der Waals surface area contributed by atoms with Crippen molar-refractivity contribution in [3.8, 4) is 11.3 Å². The second kappa shape index (κ2) is 8.90. The van der Waals surface area contributed by atoms with E-state index in [0.717, 1.165) is 35.2 Å². The van der Waals surface area contributed by atoms with Crippen molar-refractivity contribution in [1.82, 2.24) is 20.2 Å². The maximum atomic E-state index is 13.2. The lowest BCUT2D eigenvalue weighted by atomic mass is 10.0. The SMILES string of the molecule is C[C@@H]1CN([C@H](C)CNC(=O)c2cc(-c3ccncc3)nc3ccccc23)C[C@H](C)O1. The van der Waals surface area contributed by atoms with Crippen LogP contribution in [0.1, 0.15) is 31.1 Å². The maximum Gasteiger partial charge on any atom is 0.252 e. The molecule has 3 atom stereocenters. The standard InChI is InChI=1S/C24H28N4O2/c1-16(28-14-17(2)30-18(3)15-28)13-26-24(29)21-12-23(19-8-10-25-11-9-19)27-22-7-5-4-6-20(21)22/h4-12,16-18H,13-15H2,1-3H3,(H,26,29)/t16-,17-,18+/m1/s1. The topological polar surface area (TPSA) is 67.4 Å². The Morgan fingerprint density at radius 3 is 2.60 bits per heavy atom. The van der Waals surface area contributed by atoms with Gasteiger partial charge in [0.1, 0.15) is 0 Å². The van der Waals surface area contributed by atoms with Gasteiger partial charge in [-0.25, -0.2) is 4.98 Å². The van der Waals surface area contributed by atoms with Gasteiger partial charge < -0.3 is 10.1 Å². The molecule has 1 aliphatic rings. The van der Waals surface area contributed by atoms with E-state index in [9.17, 15) is 4.79 Å². The zero-order valence-electron chi connectivity index (χ0n) is 17.7. The number of carbonyl (C=O) groups excluding carboxylic acids is 1. The lowest BCUT2D eigenvalue weighted by Gasteiger charge is -2.39. The summed E-state index contributed by atoms with van der Waals surface area (Å²) in [5, 5.41) is 3.99. The lowest BCUT2D eigenvalue weighted by Crippen LogP contribution is -2.52. The first-order valence-electron chi connectivity index (χ1n) is 10.5. The highest BCUT2D eigenvalue weighted by Crippen LogP contribution is 2.24. The van der Waals surface area contributed by atoms with Gasteiger partial charge in [-0.1, -0.05) is 18.2 Å². The summed E-state index contributed by atoms with van der Waals surface area (Å²) in [6.45, 7) is 8.69. The second-order valence-corrected chi connectivity index (χ2v) is 8.08. The molecule has 3 aromatic rings. The first-order valence-corrected chi connectivity index (χ1v) is 10.5. The van der Waals surface area contributed by atoms with E-state index in [1.807, 2.05) is 42.5 Å². The number of pyridine rings is 2. The molecule has 3 heterocycles. The molecule has 6 heteroatoms. The van der Waals surface area contributed by atoms with Gasteiger partial charge in [-0.3, -0.25) is 14.7 Å². The van der Waals surface area contributed by atoms with Crippen LogP contribution in [0.15, 0.2) is 54.9 Å². The third-order valence-electron chi connectivity index (χ3n) is 5.57. The quantitative estimate of drug-likeness (QED) is 0.705. The number of aromatic nitrogens is 2. The lowest BCUT2D eigenvalue weighted by molar-refractivity contribution is -0.0778. The van der Waals surface area contributed by atoms with Crippen LogP contribution >= 0.6 is 0 Å². The van der Waals surface area contributed by atoms with Gasteiger partial charge in [0, 0.05) is 49.0 Å². The van der Waals surface area contributed by atoms with E-state index in [-0.39, 0.29) is 24.2 Å². The maximum absolute atomic E-state index is 13.2. The van der Waals surface area contributed by atoms with Gasteiger partial charge in [-0.15, -0.1) is 0 Å². The van der Waals surface area contributed by atoms with E-state index in [0.29, 0.717) is 12.1 Å². The molecule has 2 aromatic heterocycles. The van der Waals surface area contributed by atoms with E-state index in [4.69, 9.17) is 9.72 Å². The molecule has 0 radical (unpaired) electrons. The van der Waals surface area contributed by atoms with Crippen molar-refractivity contribution in [2.75, 3.05) is 19.6 Å². The minimum Gasteiger partial charge on any atom is -0.373 e. The van der Waals surface area contributed by atoms with Gasteiger partial charge in [0.25, 0.3) is 5.91 Å². The molecule has 0 bridgehead atoms. The molecule has 1 fully saturated rings. The van der Waals surface area contributed by atoms with Crippen LogP contribution in [0.25, 0.3) is 22.2 Å². The van der Waals surface area contributed by atoms with Crippen molar-refractivity contribution in [2.24, 2.45) is 0 Å². The number of benzene rings is 1. The third-order valence-corrected chi connectivity index (χ3v) is 5.57. The summed E-state index contributed by atoms with van der Waals surface area (Å²) in [5.41, 5.74) is 3.16. The third kappa shape index (κ3) is 4.50. The molecule has 1 N–H and O–H groups in total. The number of nitrogens with zero attached hydrogens (tertiary/aromatic N) is 3. The van der Waals surface area contributed by atoms with Gasteiger partial charge in [-0.05, 0) is 45.0 Å². The first-order chi connectivity index (χ1) is 14.5. The summed E-state index contributed by atoms with van der Waals surface area (Å²) in [7, 11) is 0. The van der Waals surface area contributed by atoms with E-state index in [1.165, 1.54) is 0 Å². The number of fused-ring (bicyclic) bond motifs is 1. The van der Waals surface area contributed by atoms with Crippen molar-refractivity contribution in [2.45, 2.75) is 39.0 Å². The largest absolute Gasteiger partial charge is 0.373 e. The molecule has 156 valence electrons. The Morgan fingerprint density at radius 2 is 1.87 bits per heavy atom.